The molecule has 0 aliphatic heterocycles. The van der Waals surface area contributed by atoms with Crippen LogP contribution >= 0.6 is 7.82 Å². The highest BCUT2D eigenvalue weighted by atomic mass is 31.2. The van der Waals surface area contributed by atoms with E-state index >= 15 is 0 Å². The van der Waals surface area contributed by atoms with Crippen molar-refractivity contribution in [2.75, 3.05) is 13.2 Å². The number of carbonyl (C=O) groups is 2. The fourth-order valence-corrected chi connectivity index (χ4v) is 5.16. The summed E-state index contributed by atoms with van der Waals surface area (Å²) < 4.78 is 26.0. The van der Waals surface area contributed by atoms with Crippen molar-refractivity contribution in [1.82, 2.24) is 0 Å². The summed E-state index contributed by atoms with van der Waals surface area (Å²) in [5, 5.41) is 0. The first kappa shape index (κ1) is 43.3. The van der Waals surface area contributed by atoms with Crippen molar-refractivity contribution in [1.29, 1.82) is 0 Å². The highest BCUT2D eigenvalue weighted by Crippen LogP contribution is 2.35. The van der Waals surface area contributed by atoms with Gasteiger partial charge in [0.1, 0.15) is 6.61 Å². The average molecular weight is 657 g/mol. The third-order valence-electron chi connectivity index (χ3n) is 7.49. The number of hydrogen-bond donors (Lipinski definition) is 2. The van der Waals surface area contributed by atoms with Gasteiger partial charge in [-0.15, -0.1) is 0 Å². The Morgan fingerprint density at radius 2 is 1.09 bits per heavy atom. The molecule has 262 valence electrons. The van der Waals surface area contributed by atoms with Crippen LogP contribution in [-0.2, 0) is 28.2 Å². The van der Waals surface area contributed by atoms with Crippen molar-refractivity contribution in [2.45, 2.75) is 168 Å². The number of phosphoric ester groups is 1. The summed E-state index contributed by atoms with van der Waals surface area (Å²) in [7, 11) is -4.77. The second-order valence-electron chi connectivity index (χ2n) is 11.9. The smallest absolute Gasteiger partial charge is 0.462 e. The fraction of sp³-hybridized carbons (Fsp3) is 0.778. The van der Waals surface area contributed by atoms with Crippen molar-refractivity contribution in [3.8, 4) is 0 Å². The van der Waals surface area contributed by atoms with E-state index in [4.69, 9.17) is 19.3 Å². The van der Waals surface area contributed by atoms with Gasteiger partial charge in [-0.3, -0.25) is 9.32 Å². The molecule has 0 aromatic heterocycles. The Labute approximate surface area is 274 Å². The first-order valence-electron chi connectivity index (χ1n) is 17.8. The Morgan fingerprint density at radius 1 is 0.622 bits per heavy atom. The zero-order valence-corrected chi connectivity index (χ0v) is 29.4. The summed E-state index contributed by atoms with van der Waals surface area (Å²) in [6.07, 6.45) is 36.4. The minimum Gasteiger partial charge on any atom is -0.462 e. The van der Waals surface area contributed by atoms with E-state index in [1.54, 1.807) is 12.2 Å². The lowest BCUT2D eigenvalue weighted by Gasteiger charge is -2.17. The van der Waals surface area contributed by atoms with Crippen LogP contribution in [0, 0.1) is 0 Å². The van der Waals surface area contributed by atoms with Gasteiger partial charge in [0.2, 0.25) is 0 Å². The molecule has 45 heavy (non-hydrogen) atoms. The lowest BCUT2D eigenvalue weighted by atomic mass is 10.1. The minimum absolute atomic E-state index is 0.237. The number of esters is 2. The van der Waals surface area contributed by atoms with Crippen LogP contribution in [0.15, 0.2) is 36.5 Å². The van der Waals surface area contributed by atoms with Crippen LogP contribution in [-0.4, -0.2) is 41.0 Å². The van der Waals surface area contributed by atoms with Crippen molar-refractivity contribution in [3.63, 3.8) is 0 Å². The van der Waals surface area contributed by atoms with Crippen LogP contribution in [0.2, 0.25) is 0 Å². The Balaban J connectivity index is 4.12. The maximum Gasteiger partial charge on any atom is 0.469 e. The Hall–Kier alpha value is -1.73. The molecule has 0 radical (unpaired) electrons. The maximum absolute atomic E-state index is 12.2. The number of unbranched alkanes of at least 4 members (excludes halogenated alkanes) is 19. The highest BCUT2D eigenvalue weighted by Gasteiger charge is 2.22. The van der Waals surface area contributed by atoms with Gasteiger partial charge in [0.15, 0.2) is 6.10 Å². The lowest BCUT2D eigenvalue weighted by Crippen LogP contribution is -2.29. The van der Waals surface area contributed by atoms with Gasteiger partial charge in [-0.1, -0.05) is 141 Å². The van der Waals surface area contributed by atoms with Gasteiger partial charge in [0.25, 0.3) is 0 Å². The third-order valence-corrected chi connectivity index (χ3v) is 7.97. The summed E-state index contributed by atoms with van der Waals surface area (Å²) in [6, 6.07) is 0. The molecule has 9 heteroatoms. The van der Waals surface area contributed by atoms with E-state index in [0.717, 1.165) is 51.4 Å². The standard InChI is InChI=1S/C36H65O8P/c1-3-5-7-9-11-13-15-17-18-19-21-23-25-27-29-31-36(38)44-34(33-43-45(39,40)41)32-42-35(37)30-28-26-24-22-20-16-14-12-10-8-6-4-2/h12,14,25,27,29,31,34H,3-11,13,15-24,26,28,30,32-33H2,1-2H3,(H2,39,40,41)/b14-12+,27-25+,31-29+/t34-/m1/s1. The van der Waals surface area contributed by atoms with Crippen LogP contribution in [0.3, 0.4) is 0 Å². The summed E-state index contributed by atoms with van der Waals surface area (Å²) >= 11 is 0. The first-order chi connectivity index (χ1) is 21.8. The Bertz CT molecular complexity index is 833. The van der Waals surface area contributed by atoms with Crippen molar-refractivity contribution >= 4 is 19.8 Å². The summed E-state index contributed by atoms with van der Waals surface area (Å²) in [6.45, 7) is 3.53. The van der Waals surface area contributed by atoms with E-state index in [9.17, 15) is 14.2 Å². The lowest BCUT2D eigenvalue weighted by molar-refractivity contribution is -0.157. The zero-order chi connectivity index (χ0) is 33.3. The molecule has 0 aliphatic carbocycles. The van der Waals surface area contributed by atoms with Crippen LogP contribution in [0.1, 0.15) is 162 Å². The molecule has 0 aromatic carbocycles. The van der Waals surface area contributed by atoms with Crippen molar-refractivity contribution in [3.05, 3.63) is 36.5 Å². The van der Waals surface area contributed by atoms with Gasteiger partial charge >= 0.3 is 19.8 Å². The maximum atomic E-state index is 12.2. The van der Waals surface area contributed by atoms with Gasteiger partial charge in [0.05, 0.1) is 6.61 Å². The van der Waals surface area contributed by atoms with Crippen molar-refractivity contribution < 1.29 is 37.9 Å². The molecule has 0 unspecified atom stereocenters. The highest BCUT2D eigenvalue weighted by molar-refractivity contribution is 7.46. The molecule has 2 N–H and O–H groups in total. The zero-order valence-electron chi connectivity index (χ0n) is 28.5. The second kappa shape index (κ2) is 32.2. The molecule has 0 amide bonds. The van der Waals surface area contributed by atoms with E-state index < -0.39 is 32.5 Å². The van der Waals surface area contributed by atoms with Crippen LogP contribution in [0.4, 0.5) is 0 Å². The molecule has 0 bridgehead atoms. The molecule has 8 nitrogen and oxygen atoms in total. The predicted molar refractivity (Wildman–Crippen MR) is 184 cm³/mol. The molecule has 0 aliphatic rings. The van der Waals surface area contributed by atoms with Crippen LogP contribution in [0.25, 0.3) is 0 Å². The van der Waals surface area contributed by atoms with Crippen LogP contribution in [0.5, 0.6) is 0 Å². The summed E-state index contributed by atoms with van der Waals surface area (Å²) in [4.78, 5) is 42.4. The normalized spacial score (nSPS) is 12.9. The molecular formula is C36H65O8P. The SMILES string of the molecule is CCCCC/C=C/CCCCCCCC(=O)OC[C@H](COP(=O)(O)O)OC(=O)/C=C/C=C/CCCCCCCCCCCCC. The third kappa shape index (κ3) is 35.0. The molecule has 0 saturated carbocycles. The minimum atomic E-state index is -4.77. The Morgan fingerprint density at radius 3 is 1.64 bits per heavy atom. The van der Waals surface area contributed by atoms with Gasteiger partial charge in [-0.2, -0.15) is 0 Å². The quantitative estimate of drug-likeness (QED) is 0.0183. The van der Waals surface area contributed by atoms with Gasteiger partial charge in [0, 0.05) is 12.5 Å². The van der Waals surface area contributed by atoms with E-state index in [0.29, 0.717) is 6.42 Å². The molecule has 0 spiro atoms. The first-order valence-corrected chi connectivity index (χ1v) is 19.4. The topological polar surface area (TPSA) is 119 Å². The molecule has 0 aromatic rings. The summed E-state index contributed by atoms with van der Waals surface area (Å²) in [5.74, 6) is -1.15. The monoisotopic (exact) mass is 656 g/mol. The molecular weight excluding hydrogens is 591 g/mol. The second-order valence-corrected chi connectivity index (χ2v) is 13.2. The number of ether oxygens (including phenoxy) is 2. The molecule has 0 fully saturated rings. The number of hydrogen-bond acceptors (Lipinski definition) is 6. The number of carbonyl (C=O) groups excluding carboxylic acids is 2. The summed E-state index contributed by atoms with van der Waals surface area (Å²) in [5.41, 5.74) is 0. The van der Waals surface area contributed by atoms with E-state index in [1.807, 2.05) is 6.08 Å². The Kier molecular flexibility index (Phi) is 31.0. The van der Waals surface area contributed by atoms with E-state index in [1.165, 1.54) is 89.5 Å². The van der Waals surface area contributed by atoms with Crippen LogP contribution < -0.4 is 0 Å². The number of rotatable bonds is 32. The predicted octanol–water partition coefficient (Wildman–Crippen LogP) is 10.2. The molecule has 1 atom stereocenters. The van der Waals surface area contributed by atoms with Gasteiger partial charge < -0.3 is 19.3 Å². The molecule has 0 rings (SSSR count). The molecule has 0 heterocycles. The fourth-order valence-electron chi connectivity index (χ4n) is 4.80. The van der Waals surface area contributed by atoms with Gasteiger partial charge in [-0.25, -0.2) is 9.36 Å². The molecule has 0 saturated heterocycles. The number of phosphoric acid groups is 1. The van der Waals surface area contributed by atoms with Gasteiger partial charge in [-0.05, 0) is 44.9 Å². The van der Waals surface area contributed by atoms with E-state index in [-0.39, 0.29) is 13.0 Å². The van der Waals surface area contributed by atoms with Crippen molar-refractivity contribution in [2.24, 2.45) is 0 Å². The largest absolute Gasteiger partial charge is 0.469 e. The average Bonchev–Trinajstić information content (AvgIpc) is 3.00. The van der Waals surface area contributed by atoms with E-state index in [2.05, 4.69) is 30.5 Å². The number of allylic oxidation sites excluding steroid dienone is 5.